The van der Waals surface area contributed by atoms with Crippen LogP contribution < -0.4 is 16.4 Å². The average Bonchev–Trinajstić information content (AvgIpc) is 2.96. The maximum Gasteiger partial charge on any atom is 0.255 e. The third-order valence-corrected chi connectivity index (χ3v) is 3.65. The van der Waals surface area contributed by atoms with Gasteiger partial charge in [-0.05, 0) is 28.9 Å². The Morgan fingerprint density at radius 3 is 3.11 bits per heavy atom. The maximum atomic E-state index is 11.6. The van der Waals surface area contributed by atoms with E-state index in [2.05, 4.69) is 31.7 Å². The first-order valence-electron chi connectivity index (χ1n) is 6.16. The average molecular weight is 332 g/mol. The van der Waals surface area contributed by atoms with E-state index < -0.39 is 5.91 Å². The summed E-state index contributed by atoms with van der Waals surface area (Å²) in [7, 11) is 1.63. The molecule has 2 rings (SSSR count). The first-order chi connectivity index (χ1) is 9.15. The van der Waals surface area contributed by atoms with Crippen LogP contribution in [0.3, 0.4) is 0 Å². The number of methoxy groups -OCH3 is 1. The lowest BCUT2D eigenvalue weighted by Crippen LogP contribution is -2.21. The molecule has 1 aliphatic heterocycles. The molecule has 4 N–H and O–H groups in total. The van der Waals surface area contributed by atoms with Crippen LogP contribution in [0.5, 0.6) is 0 Å². The molecule has 1 aliphatic rings. The fourth-order valence-electron chi connectivity index (χ4n) is 2.18. The number of halogens is 1. The molecule has 1 fully saturated rings. The molecule has 0 bridgehead atoms. The van der Waals surface area contributed by atoms with Crippen molar-refractivity contribution in [1.29, 1.82) is 0 Å². The van der Waals surface area contributed by atoms with Crippen molar-refractivity contribution in [2.75, 3.05) is 38.7 Å². The number of primary amides is 1. The molecule has 0 aliphatic carbocycles. The molecule has 0 saturated carbocycles. The normalized spacial score (nSPS) is 18.7. The van der Waals surface area contributed by atoms with E-state index in [9.17, 15) is 4.79 Å². The smallest absolute Gasteiger partial charge is 0.255 e. The van der Waals surface area contributed by atoms with Crippen LogP contribution in [0, 0.1) is 0 Å². The number of nitrogens with one attached hydrogen (secondary N) is 2. The van der Waals surface area contributed by atoms with Crippen molar-refractivity contribution < 1.29 is 9.53 Å². The monoisotopic (exact) mass is 331 g/mol. The molecule has 19 heavy (non-hydrogen) atoms. The largest absolute Gasteiger partial charge is 0.383 e. The summed E-state index contributed by atoms with van der Waals surface area (Å²) in [4.78, 5) is 11.6. The van der Waals surface area contributed by atoms with Crippen molar-refractivity contribution in [3.05, 3.63) is 10.2 Å². The van der Waals surface area contributed by atoms with Crippen molar-refractivity contribution in [2.45, 2.75) is 12.5 Å². The van der Waals surface area contributed by atoms with Gasteiger partial charge in [-0.15, -0.1) is 0 Å². The SMILES string of the molecule is COCCNc1c(C(N)=O)c(Br)nn1[C@H]1CCNC1. The van der Waals surface area contributed by atoms with Gasteiger partial charge in [0.25, 0.3) is 5.91 Å². The van der Waals surface area contributed by atoms with Gasteiger partial charge in [0, 0.05) is 20.2 Å². The number of anilines is 1. The Morgan fingerprint density at radius 2 is 2.53 bits per heavy atom. The van der Waals surface area contributed by atoms with E-state index >= 15 is 0 Å². The Labute approximate surface area is 120 Å². The number of ether oxygens (including phenoxy) is 1. The predicted octanol–water partition coefficient (Wildman–Crippen LogP) is 0.337. The molecule has 0 spiro atoms. The number of carbonyl (C=O) groups is 1. The molecule has 1 aromatic rings. The molecule has 1 aromatic heterocycles. The van der Waals surface area contributed by atoms with Gasteiger partial charge in [0.05, 0.1) is 12.6 Å². The Hall–Kier alpha value is -1.12. The number of amides is 1. The van der Waals surface area contributed by atoms with Crippen LogP contribution in [0.25, 0.3) is 0 Å². The number of nitrogens with zero attached hydrogens (tertiary/aromatic N) is 2. The lowest BCUT2D eigenvalue weighted by molar-refractivity contribution is 0.1000. The van der Waals surface area contributed by atoms with Crippen LogP contribution in [0.4, 0.5) is 5.82 Å². The van der Waals surface area contributed by atoms with Crippen molar-refractivity contribution in [1.82, 2.24) is 15.1 Å². The Bertz CT molecular complexity index is 456. The van der Waals surface area contributed by atoms with Gasteiger partial charge in [-0.25, -0.2) is 4.68 Å². The molecule has 1 saturated heterocycles. The van der Waals surface area contributed by atoms with E-state index in [-0.39, 0.29) is 6.04 Å². The van der Waals surface area contributed by atoms with Crippen LogP contribution in [0.1, 0.15) is 22.8 Å². The van der Waals surface area contributed by atoms with E-state index in [0.717, 1.165) is 19.5 Å². The molecular weight excluding hydrogens is 314 g/mol. The van der Waals surface area contributed by atoms with Gasteiger partial charge in [-0.3, -0.25) is 4.79 Å². The second kappa shape index (κ2) is 6.36. The van der Waals surface area contributed by atoms with Crippen LogP contribution in [-0.4, -0.2) is 49.0 Å². The highest BCUT2D eigenvalue weighted by Gasteiger charge is 2.26. The molecule has 0 unspecified atom stereocenters. The van der Waals surface area contributed by atoms with E-state index in [1.165, 1.54) is 0 Å². The Kier molecular flexibility index (Phi) is 4.78. The summed E-state index contributed by atoms with van der Waals surface area (Å²) in [6.07, 6.45) is 0.977. The molecule has 1 amide bonds. The molecular formula is C11H18BrN5O2. The molecule has 2 heterocycles. The zero-order valence-corrected chi connectivity index (χ0v) is 12.4. The highest BCUT2D eigenvalue weighted by Crippen LogP contribution is 2.29. The zero-order valence-electron chi connectivity index (χ0n) is 10.8. The van der Waals surface area contributed by atoms with Crippen molar-refractivity contribution in [3.63, 3.8) is 0 Å². The van der Waals surface area contributed by atoms with E-state index in [4.69, 9.17) is 10.5 Å². The number of carbonyl (C=O) groups excluding carboxylic acids is 1. The second-order valence-corrected chi connectivity index (χ2v) is 5.14. The van der Waals surface area contributed by atoms with Crippen LogP contribution in [-0.2, 0) is 4.74 Å². The topological polar surface area (TPSA) is 94.2 Å². The molecule has 0 radical (unpaired) electrons. The molecule has 7 nitrogen and oxygen atoms in total. The van der Waals surface area contributed by atoms with Gasteiger partial charge in [0.15, 0.2) is 0 Å². The summed E-state index contributed by atoms with van der Waals surface area (Å²) >= 11 is 3.30. The van der Waals surface area contributed by atoms with Crippen molar-refractivity contribution in [2.24, 2.45) is 5.73 Å². The summed E-state index contributed by atoms with van der Waals surface area (Å²) in [5, 5.41) is 10.8. The lowest BCUT2D eigenvalue weighted by atomic mass is 10.2. The lowest BCUT2D eigenvalue weighted by Gasteiger charge is -2.15. The minimum atomic E-state index is -0.496. The Balaban J connectivity index is 2.29. The fourth-order valence-corrected chi connectivity index (χ4v) is 2.73. The third kappa shape index (κ3) is 3.07. The maximum absolute atomic E-state index is 11.6. The van der Waals surface area contributed by atoms with Gasteiger partial charge in [0.1, 0.15) is 16.0 Å². The first kappa shape index (κ1) is 14.3. The first-order valence-corrected chi connectivity index (χ1v) is 6.95. The molecule has 106 valence electrons. The standard InChI is InChI=1S/C11H18BrN5O2/c1-19-5-4-15-11-8(10(13)18)9(12)16-17(11)7-2-3-14-6-7/h7,14-15H,2-6H2,1H3,(H2,13,18)/t7-/m0/s1. The van der Waals surface area contributed by atoms with Gasteiger partial charge in [-0.2, -0.15) is 5.10 Å². The fraction of sp³-hybridized carbons (Fsp3) is 0.636. The van der Waals surface area contributed by atoms with E-state index in [0.29, 0.717) is 29.1 Å². The Morgan fingerprint density at radius 1 is 1.74 bits per heavy atom. The summed E-state index contributed by atoms with van der Waals surface area (Å²) in [5.74, 6) is 0.161. The zero-order chi connectivity index (χ0) is 13.8. The van der Waals surface area contributed by atoms with Crippen molar-refractivity contribution >= 4 is 27.7 Å². The van der Waals surface area contributed by atoms with Crippen LogP contribution in [0.15, 0.2) is 4.60 Å². The summed E-state index contributed by atoms with van der Waals surface area (Å²) in [6, 6.07) is 0.231. The molecule has 1 atom stereocenters. The highest BCUT2D eigenvalue weighted by molar-refractivity contribution is 9.10. The van der Waals surface area contributed by atoms with Gasteiger partial charge < -0.3 is 21.1 Å². The van der Waals surface area contributed by atoms with E-state index in [1.807, 2.05) is 4.68 Å². The van der Waals surface area contributed by atoms with Gasteiger partial charge in [-0.1, -0.05) is 0 Å². The van der Waals surface area contributed by atoms with Crippen LogP contribution >= 0.6 is 15.9 Å². The minimum Gasteiger partial charge on any atom is -0.383 e. The quantitative estimate of drug-likeness (QED) is 0.653. The van der Waals surface area contributed by atoms with Crippen LogP contribution in [0.2, 0.25) is 0 Å². The summed E-state index contributed by atoms with van der Waals surface area (Å²) < 4.78 is 7.32. The number of hydrogen-bond donors (Lipinski definition) is 3. The van der Waals surface area contributed by atoms with Crippen molar-refractivity contribution in [3.8, 4) is 0 Å². The number of rotatable bonds is 6. The minimum absolute atomic E-state index is 0.231. The number of aromatic nitrogens is 2. The number of hydrogen-bond acceptors (Lipinski definition) is 5. The third-order valence-electron chi connectivity index (χ3n) is 3.09. The van der Waals surface area contributed by atoms with Gasteiger partial charge in [0.2, 0.25) is 0 Å². The number of nitrogens with two attached hydrogens (primary N) is 1. The summed E-state index contributed by atoms with van der Waals surface area (Å²) in [6.45, 7) is 2.93. The predicted molar refractivity (Wildman–Crippen MR) is 75.3 cm³/mol. The van der Waals surface area contributed by atoms with Gasteiger partial charge >= 0.3 is 0 Å². The molecule has 0 aromatic carbocycles. The highest BCUT2D eigenvalue weighted by atomic mass is 79.9. The summed E-state index contributed by atoms with van der Waals surface area (Å²) in [5.41, 5.74) is 5.81. The molecule has 8 heteroatoms. The van der Waals surface area contributed by atoms with E-state index in [1.54, 1.807) is 7.11 Å². The second-order valence-electron chi connectivity index (χ2n) is 4.39.